The number of hydrogen-bond acceptors (Lipinski definition) is 6. The fourth-order valence-electron chi connectivity index (χ4n) is 2.93. The normalized spacial score (nSPS) is 15.1. The molecule has 0 radical (unpaired) electrons. The van der Waals surface area contributed by atoms with Crippen LogP contribution < -0.4 is 5.32 Å². The molecule has 1 N–H and O–H groups in total. The van der Waals surface area contributed by atoms with Crippen molar-refractivity contribution in [3.63, 3.8) is 0 Å². The van der Waals surface area contributed by atoms with E-state index in [1.807, 2.05) is 37.4 Å². The monoisotopic (exact) mass is 376 g/mol. The molecule has 134 valence electrons. The van der Waals surface area contributed by atoms with Crippen LogP contribution in [0.1, 0.15) is 37.7 Å². The number of carbonyl (C=O) groups excluding carboxylic acids is 1. The van der Waals surface area contributed by atoms with Crippen LogP contribution in [0.2, 0.25) is 0 Å². The van der Waals surface area contributed by atoms with Crippen LogP contribution in [0.4, 0.5) is 5.13 Å². The lowest BCUT2D eigenvalue weighted by Gasteiger charge is -2.21. The number of nitrogens with zero attached hydrogens (tertiary/aromatic N) is 3. The Morgan fingerprint density at radius 2 is 2.00 bits per heavy atom. The third-order valence-corrected chi connectivity index (χ3v) is 6.32. The van der Waals surface area contributed by atoms with Crippen molar-refractivity contribution in [2.24, 2.45) is 0 Å². The average molecular weight is 377 g/mol. The molecule has 25 heavy (non-hydrogen) atoms. The molecule has 0 unspecified atom stereocenters. The summed E-state index contributed by atoms with van der Waals surface area (Å²) >= 11 is 3.01. The third kappa shape index (κ3) is 5.71. The Kier molecular flexibility index (Phi) is 6.69. The summed E-state index contributed by atoms with van der Waals surface area (Å²) in [5.41, 5.74) is 1.14. The summed E-state index contributed by atoms with van der Waals surface area (Å²) in [5.74, 6) is 0.493. The van der Waals surface area contributed by atoms with Gasteiger partial charge >= 0.3 is 0 Å². The summed E-state index contributed by atoms with van der Waals surface area (Å²) in [6.07, 6.45) is 6.35. The van der Waals surface area contributed by atoms with Gasteiger partial charge in [-0.3, -0.25) is 4.79 Å². The Labute approximate surface area is 157 Å². The van der Waals surface area contributed by atoms with E-state index in [4.69, 9.17) is 0 Å². The average Bonchev–Trinajstić information content (AvgIpc) is 3.08. The first-order valence-electron chi connectivity index (χ1n) is 8.71. The highest BCUT2D eigenvalue weighted by atomic mass is 32.2. The minimum absolute atomic E-state index is 0.103. The molecule has 1 saturated carbocycles. The number of rotatable bonds is 7. The first-order chi connectivity index (χ1) is 12.2. The van der Waals surface area contributed by atoms with E-state index in [9.17, 15) is 4.79 Å². The van der Waals surface area contributed by atoms with Crippen molar-refractivity contribution in [2.45, 2.75) is 49.0 Å². The van der Waals surface area contributed by atoms with Gasteiger partial charge in [-0.25, -0.2) is 0 Å². The highest BCUT2D eigenvalue weighted by Gasteiger charge is 2.16. The lowest BCUT2D eigenvalue weighted by Crippen LogP contribution is -2.27. The Balaban J connectivity index is 1.44. The Morgan fingerprint density at radius 3 is 2.76 bits per heavy atom. The van der Waals surface area contributed by atoms with Crippen LogP contribution in [-0.2, 0) is 11.3 Å². The lowest BCUT2D eigenvalue weighted by atomic mass is 9.96. The van der Waals surface area contributed by atoms with Gasteiger partial charge in [-0.2, -0.15) is 0 Å². The molecule has 7 heteroatoms. The van der Waals surface area contributed by atoms with Gasteiger partial charge in [0.25, 0.3) is 0 Å². The second-order valence-corrected chi connectivity index (χ2v) is 8.58. The molecular formula is C18H24N4OS2. The van der Waals surface area contributed by atoms with Crippen LogP contribution in [0, 0.1) is 0 Å². The van der Waals surface area contributed by atoms with Gasteiger partial charge in [0.1, 0.15) is 0 Å². The quantitative estimate of drug-likeness (QED) is 0.739. The molecule has 1 amide bonds. The van der Waals surface area contributed by atoms with Gasteiger partial charge < -0.3 is 10.2 Å². The molecule has 2 aromatic rings. The molecule has 0 spiro atoms. The fraction of sp³-hybridized carbons (Fsp3) is 0.500. The van der Waals surface area contributed by atoms with Gasteiger partial charge in [-0.1, -0.05) is 72.7 Å². The van der Waals surface area contributed by atoms with Crippen molar-refractivity contribution in [3.05, 3.63) is 35.9 Å². The van der Waals surface area contributed by atoms with Crippen molar-refractivity contribution < 1.29 is 4.79 Å². The Morgan fingerprint density at radius 1 is 1.24 bits per heavy atom. The highest BCUT2D eigenvalue weighted by Crippen LogP contribution is 2.28. The zero-order valence-corrected chi connectivity index (χ0v) is 16.1. The number of hydrogen-bond donors (Lipinski definition) is 1. The van der Waals surface area contributed by atoms with Crippen molar-refractivity contribution in [2.75, 3.05) is 18.1 Å². The van der Waals surface area contributed by atoms with Crippen LogP contribution in [0.25, 0.3) is 0 Å². The van der Waals surface area contributed by atoms with Gasteiger partial charge in [-0.15, -0.1) is 10.2 Å². The summed E-state index contributed by atoms with van der Waals surface area (Å²) in [4.78, 5) is 14.0. The SMILES string of the molecule is CN(Cc1ccccc1)C(=O)CSc1nnc(NC2CCCCC2)s1. The minimum Gasteiger partial charge on any atom is -0.357 e. The van der Waals surface area contributed by atoms with E-state index in [-0.39, 0.29) is 5.91 Å². The van der Waals surface area contributed by atoms with Crippen molar-refractivity contribution in [1.82, 2.24) is 15.1 Å². The number of benzene rings is 1. The maximum Gasteiger partial charge on any atom is 0.233 e. The number of aromatic nitrogens is 2. The van der Waals surface area contributed by atoms with E-state index in [2.05, 4.69) is 15.5 Å². The van der Waals surface area contributed by atoms with Gasteiger partial charge in [-0.05, 0) is 18.4 Å². The molecular weight excluding hydrogens is 352 g/mol. The standard InChI is InChI=1S/C18H24N4OS2/c1-22(12-14-8-4-2-5-9-14)16(23)13-24-18-21-20-17(25-18)19-15-10-6-3-7-11-15/h2,4-5,8-9,15H,3,6-7,10-13H2,1H3,(H,19,20). The Bertz CT molecular complexity index is 671. The van der Waals surface area contributed by atoms with Gasteiger partial charge in [0.15, 0.2) is 4.34 Å². The number of nitrogens with one attached hydrogen (secondary N) is 1. The lowest BCUT2D eigenvalue weighted by molar-refractivity contribution is -0.127. The molecule has 1 fully saturated rings. The van der Waals surface area contributed by atoms with Crippen LogP contribution in [0.15, 0.2) is 34.7 Å². The van der Waals surface area contributed by atoms with E-state index < -0.39 is 0 Å². The summed E-state index contributed by atoms with van der Waals surface area (Å²) in [6.45, 7) is 0.630. The second-order valence-electron chi connectivity index (χ2n) is 6.38. The van der Waals surface area contributed by atoms with Crippen LogP contribution >= 0.6 is 23.1 Å². The third-order valence-electron chi connectivity index (χ3n) is 4.35. The van der Waals surface area contributed by atoms with Crippen molar-refractivity contribution in [3.8, 4) is 0 Å². The summed E-state index contributed by atoms with van der Waals surface area (Å²) in [7, 11) is 1.84. The summed E-state index contributed by atoms with van der Waals surface area (Å²) in [6, 6.07) is 10.6. The maximum absolute atomic E-state index is 12.3. The summed E-state index contributed by atoms with van der Waals surface area (Å²) in [5, 5.41) is 12.8. The highest BCUT2D eigenvalue weighted by molar-refractivity contribution is 8.01. The molecule has 3 rings (SSSR count). The molecule has 1 aliphatic rings. The van der Waals surface area contributed by atoms with Gasteiger partial charge in [0.05, 0.1) is 5.75 Å². The zero-order chi connectivity index (χ0) is 17.5. The second kappa shape index (κ2) is 9.20. The van der Waals surface area contributed by atoms with Gasteiger partial charge in [0, 0.05) is 19.6 Å². The number of carbonyl (C=O) groups is 1. The molecule has 1 aromatic carbocycles. The predicted octanol–water partition coefficient (Wildman–Crippen LogP) is 4.03. The number of anilines is 1. The van der Waals surface area contributed by atoms with E-state index in [0.717, 1.165) is 15.0 Å². The van der Waals surface area contributed by atoms with Gasteiger partial charge in [0.2, 0.25) is 11.0 Å². The smallest absolute Gasteiger partial charge is 0.233 e. The first kappa shape index (κ1) is 18.2. The van der Waals surface area contributed by atoms with Crippen LogP contribution in [0.3, 0.4) is 0 Å². The largest absolute Gasteiger partial charge is 0.357 e. The minimum atomic E-state index is 0.103. The number of amides is 1. The van der Waals surface area contributed by atoms with E-state index in [0.29, 0.717) is 18.3 Å². The molecule has 1 aliphatic carbocycles. The van der Waals surface area contributed by atoms with Crippen LogP contribution in [-0.4, -0.2) is 39.8 Å². The molecule has 1 heterocycles. The molecule has 1 aromatic heterocycles. The fourth-order valence-corrected chi connectivity index (χ4v) is 4.70. The molecule has 0 saturated heterocycles. The Hall–Kier alpha value is -1.60. The molecule has 0 aliphatic heterocycles. The van der Waals surface area contributed by atoms with Crippen molar-refractivity contribution in [1.29, 1.82) is 0 Å². The topological polar surface area (TPSA) is 58.1 Å². The molecule has 5 nitrogen and oxygen atoms in total. The maximum atomic E-state index is 12.3. The predicted molar refractivity (Wildman–Crippen MR) is 104 cm³/mol. The van der Waals surface area contributed by atoms with E-state index in [1.165, 1.54) is 43.9 Å². The van der Waals surface area contributed by atoms with E-state index >= 15 is 0 Å². The molecule has 0 atom stereocenters. The van der Waals surface area contributed by atoms with E-state index in [1.54, 1.807) is 16.2 Å². The first-order valence-corrected chi connectivity index (χ1v) is 10.5. The summed E-state index contributed by atoms with van der Waals surface area (Å²) < 4.78 is 0.847. The number of thioether (sulfide) groups is 1. The van der Waals surface area contributed by atoms with Crippen LogP contribution in [0.5, 0.6) is 0 Å². The zero-order valence-electron chi connectivity index (χ0n) is 14.5. The molecule has 0 bridgehead atoms. The van der Waals surface area contributed by atoms with Crippen molar-refractivity contribution >= 4 is 34.1 Å².